The third kappa shape index (κ3) is 1.50. The van der Waals surface area contributed by atoms with Gasteiger partial charge < -0.3 is 0 Å². The van der Waals surface area contributed by atoms with Crippen molar-refractivity contribution < 1.29 is 4.84 Å². The van der Waals surface area contributed by atoms with E-state index in [-0.39, 0.29) is 0 Å². The molecule has 0 radical (unpaired) electrons. The second kappa shape index (κ2) is 2.89. The molecule has 0 N–H and O–H groups in total. The molecule has 2 atom stereocenters. The van der Waals surface area contributed by atoms with Gasteiger partial charge in [0.15, 0.2) is 0 Å². The number of hydroxylamine groups is 2. The van der Waals surface area contributed by atoms with E-state index in [4.69, 9.17) is 4.84 Å². The highest BCUT2D eigenvalue weighted by Gasteiger charge is 2.28. The summed E-state index contributed by atoms with van der Waals surface area (Å²) >= 11 is 0. The molecule has 0 aromatic heterocycles. The molecule has 0 aliphatic carbocycles. The summed E-state index contributed by atoms with van der Waals surface area (Å²) in [7, 11) is 0. The van der Waals surface area contributed by atoms with Gasteiger partial charge >= 0.3 is 0 Å². The van der Waals surface area contributed by atoms with Gasteiger partial charge in [-0.05, 0) is 34.1 Å². The predicted molar refractivity (Wildman–Crippen MR) is 41.6 cm³/mol. The Morgan fingerprint density at radius 1 is 1.40 bits per heavy atom. The summed E-state index contributed by atoms with van der Waals surface area (Å²) in [6.07, 6.45) is 1.58. The summed E-state index contributed by atoms with van der Waals surface area (Å²) in [6.45, 7) is 8.66. The summed E-state index contributed by atoms with van der Waals surface area (Å²) in [6, 6.07) is 1.11. The molecule has 0 saturated carbocycles. The summed E-state index contributed by atoms with van der Waals surface area (Å²) in [5.41, 5.74) is 0. The Morgan fingerprint density at radius 2 is 2.00 bits per heavy atom. The van der Waals surface area contributed by atoms with Crippen LogP contribution in [0, 0.1) is 0 Å². The zero-order chi connectivity index (χ0) is 7.72. The Hall–Kier alpha value is -0.0800. The summed E-state index contributed by atoms with van der Waals surface area (Å²) in [5.74, 6) is 0. The first-order chi connectivity index (χ1) is 4.61. The van der Waals surface area contributed by atoms with Crippen LogP contribution in [0.25, 0.3) is 0 Å². The summed E-state index contributed by atoms with van der Waals surface area (Å²) < 4.78 is 0. The molecule has 1 heterocycles. The molecular weight excluding hydrogens is 126 g/mol. The molecule has 10 heavy (non-hydrogen) atoms. The quantitative estimate of drug-likeness (QED) is 0.555. The van der Waals surface area contributed by atoms with Gasteiger partial charge in [0, 0.05) is 12.1 Å². The van der Waals surface area contributed by atoms with Gasteiger partial charge in [-0.2, -0.15) is 5.06 Å². The minimum atomic E-state index is 0.414. The molecule has 2 nitrogen and oxygen atoms in total. The van der Waals surface area contributed by atoms with Crippen molar-refractivity contribution in [2.75, 3.05) is 0 Å². The van der Waals surface area contributed by atoms with E-state index in [0.29, 0.717) is 18.2 Å². The predicted octanol–water partition coefficient (Wildman–Crippen LogP) is 1.81. The smallest absolute Gasteiger partial charge is 0.0781 e. The fraction of sp³-hybridized carbons (Fsp3) is 1.00. The lowest BCUT2D eigenvalue weighted by atomic mass is 10.2. The number of rotatable bonds is 1. The maximum atomic E-state index is 5.57. The molecule has 0 spiro atoms. The lowest BCUT2D eigenvalue weighted by Crippen LogP contribution is -2.32. The zero-order valence-corrected chi connectivity index (χ0v) is 7.29. The lowest BCUT2D eigenvalue weighted by Gasteiger charge is -2.23. The third-order valence-corrected chi connectivity index (χ3v) is 1.92. The summed E-state index contributed by atoms with van der Waals surface area (Å²) in [4.78, 5) is 5.57. The standard InChI is InChI=1S/C8H17NO/c1-6(2)9-7(3)5-8(4)10-9/h6-8H,5H2,1-4H3. The van der Waals surface area contributed by atoms with Crippen molar-refractivity contribution in [2.24, 2.45) is 0 Å². The molecule has 2 heteroatoms. The van der Waals surface area contributed by atoms with Crippen LogP contribution < -0.4 is 0 Å². The molecule has 0 amide bonds. The van der Waals surface area contributed by atoms with Gasteiger partial charge in [0.2, 0.25) is 0 Å². The van der Waals surface area contributed by atoms with Gasteiger partial charge in [-0.1, -0.05) is 0 Å². The van der Waals surface area contributed by atoms with E-state index in [1.165, 1.54) is 0 Å². The Bertz CT molecular complexity index is 114. The first kappa shape index (κ1) is 8.02. The van der Waals surface area contributed by atoms with Crippen LogP contribution in [-0.4, -0.2) is 23.3 Å². The van der Waals surface area contributed by atoms with Crippen LogP contribution in [0.4, 0.5) is 0 Å². The molecule has 0 aromatic carbocycles. The fourth-order valence-corrected chi connectivity index (χ4v) is 1.57. The largest absolute Gasteiger partial charge is 0.295 e. The minimum Gasteiger partial charge on any atom is -0.295 e. The Balaban J connectivity index is 2.46. The first-order valence-corrected chi connectivity index (χ1v) is 4.06. The number of hydrogen-bond acceptors (Lipinski definition) is 2. The van der Waals surface area contributed by atoms with Gasteiger partial charge in [-0.15, -0.1) is 0 Å². The van der Waals surface area contributed by atoms with Crippen molar-refractivity contribution in [3.05, 3.63) is 0 Å². The zero-order valence-electron chi connectivity index (χ0n) is 7.29. The SMILES string of the molecule is CC1CC(C)N(C(C)C)O1. The monoisotopic (exact) mass is 143 g/mol. The van der Waals surface area contributed by atoms with Gasteiger partial charge in [0.25, 0.3) is 0 Å². The maximum absolute atomic E-state index is 5.57. The van der Waals surface area contributed by atoms with Crippen molar-refractivity contribution in [1.29, 1.82) is 0 Å². The highest BCUT2D eigenvalue weighted by molar-refractivity contribution is 4.72. The van der Waals surface area contributed by atoms with E-state index in [1.54, 1.807) is 0 Å². The molecular formula is C8H17NO. The van der Waals surface area contributed by atoms with Gasteiger partial charge in [-0.25, -0.2) is 0 Å². The lowest BCUT2D eigenvalue weighted by molar-refractivity contribution is -0.175. The molecule has 60 valence electrons. The highest BCUT2D eigenvalue weighted by atomic mass is 16.7. The summed E-state index contributed by atoms with van der Waals surface area (Å²) in [5, 5.41) is 2.09. The molecule has 1 aliphatic rings. The van der Waals surface area contributed by atoms with E-state index >= 15 is 0 Å². The minimum absolute atomic E-state index is 0.414. The van der Waals surface area contributed by atoms with Crippen LogP contribution in [0.1, 0.15) is 34.1 Å². The molecule has 0 aromatic rings. The van der Waals surface area contributed by atoms with E-state index in [0.717, 1.165) is 6.42 Å². The molecule has 1 aliphatic heterocycles. The van der Waals surface area contributed by atoms with Crippen molar-refractivity contribution in [3.63, 3.8) is 0 Å². The van der Waals surface area contributed by atoms with E-state index < -0.39 is 0 Å². The van der Waals surface area contributed by atoms with Crippen LogP contribution in [0.2, 0.25) is 0 Å². The van der Waals surface area contributed by atoms with Gasteiger partial charge in [0.05, 0.1) is 6.10 Å². The average molecular weight is 143 g/mol. The Kier molecular flexibility index (Phi) is 2.32. The third-order valence-electron chi connectivity index (χ3n) is 1.92. The number of hydrogen-bond donors (Lipinski definition) is 0. The van der Waals surface area contributed by atoms with Crippen LogP contribution in [0.15, 0.2) is 0 Å². The Morgan fingerprint density at radius 3 is 2.20 bits per heavy atom. The fourth-order valence-electron chi connectivity index (χ4n) is 1.57. The van der Waals surface area contributed by atoms with Crippen molar-refractivity contribution >= 4 is 0 Å². The maximum Gasteiger partial charge on any atom is 0.0781 e. The van der Waals surface area contributed by atoms with Crippen molar-refractivity contribution in [3.8, 4) is 0 Å². The number of nitrogens with zero attached hydrogens (tertiary/aromatic N) is 1. The van der Waals surface area contributed by atoms with Crippen LogP contribution in [0.5, 0.6) is 0 Å². The van der Waals surface area contributed by atoms with Crippen molar-refractivity contribution in [2.45, 2.75) is 52.3 Å². The second-order valence-corrected chi connectivity index (χ2v) is 3.45. The average Bonchev–Trinajstić information content (AvgIpc) is 2.10. The van der Waals surface area contributed by atoms with E-state index in [9.17, 15) is 0 Å². The van der Waals surface area contributed by atoms with Crippen LogP contribution >= 0.6 is 0 Å². The van der Waals surface area contributed by atoms with Gasteiger partial charge in [-0.3, -0.25) is 4.84 Å². The van der Waals surface area contributed by atoms with E-state index in [2.05, 4.69) is 32.8 Å². The normalized spacial score (nSPS) is 35.7. The second-order valence-electron chi connectivity index (χ2n) is 3.45. The highest BCUT2D eigenvalue weighted by Crippen LogP contribution is 2.22. The van der Waals surface area contributed by atoms with E-state index in [1.807, 2.05) is 0 Å². The molecule has 0 bridgehead atoms. The molecule has 1 fully saturated rings. The molecule has 1 saturated heterocycles. The molecule has 1 rings (SSSR count). The van der Waals surface area contributed by atoms with Crippen LogP contribution in [-0.2, 0) is 4.84 Å². The van der Waals surface area contributed by atoms with Crippen molar-refractivity contribution in [1.82, 2.24) is 5.06 Å². The first-order valence-electron chi connectivity index (χ1n) is 4.06. The Labute approximate surface area is 63.1 Å². The topological polar surface area (TPSA) is 12.5 Å². The van der Waals surface area contributed by atoms with Crippen LogP contribution in [0.3, 0.4) is 0 Å². The molecule has 2 unspecified atom stereocenters. The van der Waals surface area contributed by atoms with Gasteiger partial charge in [0.1, 0.15) is 0 Å².